The maximum Gasteiger partial charge on any atom is 0.266 e. The molecule has 4 nitrogen and oxygen atoms in total. The number of halogens is 2. The normalized spacial score (nSPS) is 10.7. The van der Waals surface area contributed by atoms with Crippen LogP contribution in [0.5, 0.6) is 5.75 Å². The molecule has 1 amide bonds. The quantitative estimate of drug-likeness (QED) is 0.533. The zero-order valence-corrected chi connectivity index (χ0v) is 17.4. The fourth-order valence-electron chi connectivity index (χ4n) is 2.80. The lowest BCUT2D eigenvalue weighted by atomic mass is 10.1. The molecule has 0 aliphatic heterocycles. The molecular formula is C20H18Cl2N2O2S. The Labute approximate surface area is 172 Å². The molecule has 1 aromatic carbocycles. The highest BCUT2D eigenvalue weighted by Crippen LogP contribution is 2.27. The molecule has 0 aliphatic carbocycles. The summed E-state index contributed by atoms with van der Waals surface area (Å²) in [7, 11) is 0. The molecule has 3 aromatic rings. The lowest BCUT2D eigenvalue weighted by Crippen LogP contribution is -2.11. The van der Waals surface area contributed by atoms with E-state index in [-0.39, 0.29) is 11.7 Å². The minimum Gasteiger partial charge on any atom is -0.488 e. The van der Waals surface area contributed by atoms with E-state index in [2.05, 4.69) is 29.4 Å². The Bertz CT molecular complexity index is 978. The van der Waals surface area contributed by atoms with Crippen LogP contribution in [0.15, 0.2) is 35.8 Å². The molecule has 0 fully saturated rings. The van der Waals surface area contributed by atoms with Gasteiger partial charge in [-0.3, -0.25) is 4.79 Å². The summed E-state index contributed by atoms with van der Waals surface area (Å²) in [5, 5.41) is 5.31. The molecule has 0 saturated heterocycles. The molecule has 27 heavy (non-hydrogen) atoms. The van der Waals surface area contributed by atoms with E-state index in [4.69, 9.17) is 27.9 Å². The second-order valence-electron chi connectivity index (χ2n) is 6.27. The third kappa shape index (κ3) is 4.80. The summed E-state index contributed by atoms with van der Waals surface area (Å²) in [5.74, 6) is 0.892. The zero-order valence-electron chi connectivity index (χ0n) is 15.1. The van der Waals surface area contributed by atoms with E-state index in [1.807, 2.05) is 25.3 Å². The Kier molecular flexibility index (Phi) is 6.05. The second kappa shape index (κ2) is 8.30. The third-order valence-electron chi connectivity index (χ3n) is 3.91. The average molecular weight is 421 g/mol. The van der Waals surface area contributed by atoms with Crippen molar-refractivity contribution in [2.75, 3.05) is 5.32 Å². The first-order chi connectivity index (χ1) is 12.8. The van der Waals surface area contributed by atoms with Gasteiger partial charge < -0.3 is 10.1 Å². The minimum atomic E-state index is -0.273. The fraction of sp³-hybridized carbons (Fsp3) is 0.200. The van der Waals surface area contributed by atoms with Gasteiger partial charge in [0.2, 0.25) is 0 Å². The average Bonchev–Trinajstić information content (AvgIpc) is 3.05. The van der Waals surface area contributed by atoms with Crippen molar-refractivity contribution in [1.82, 2.24) is 4.98 Å². The summed E-state index contributed by atoms with van der Waals surface area (Å²) < 4.78 is 5.98. The topological polar surface area (TPSA) is 51.2 Å². The van der Waals surface area contributed by atoms with Gasteiger partial charge in [-0.15, -0.1) is 11.3 Å². The number of amides is 1. The number of benzene rings is 1. The fourth-order valence-corrected chi connectivity index (χ4v) is 4.02. The highest BCUT2D eigenvalue weighted by molar-refractivity contribution is 7.12. The Hall–Kier alpha value is -2.08. The van der Waals surface area contributed by atoms with Crippen molar-refractivity contribution in [2.45, 2.75) is 27.4 Å². The number of pyridine rings is 1. The number of carbonyl (C=O) groups excluding carboxylic acids is 1. The van der Waals surface area contributed by atoms with Crippen LogP contribution in [0.1, 0.15) is 31.9 Å². The van der Waals surface area contributed by atoms with Crippen LogP contribution in [0, 0.1) is 20.8 Å². The van der Waals surface area contributed by atoms with Gasteiger partial charge in [0.15, 0.2) is 5.82 Å². The molecule has 0 atom stereocenters. The Morgan fingerprint density at radius 1 is 1.15 bits per heavy atom. The first-order valence-electron chi connectivity index (χ1n) is 8.24. The van der Waals surface area contributed by atoms with Crippen molar-refractivity contribution in [3.05, 3.63) is 73.0 Å². The predicted molar refractivity (Wildman–Crippen MR) is 112 cm³/mol. The van der Waals surface area contributed by atoms with Gasteiger partial charge in [-0.2, -0.15) is 0 Å². The van der Waals surface area contributed by atoms with Crippen molar-refractivity contribution < 1.29 is 9.53 Å². The van der Waals surface area contributed by atoms with Crippen molar-refractivity contribution in [1.29, 1.82) is 0 Å². The van der Waals surface area contributed by atoms with Crippen LogP contribution in [0.3, 0.4) is 0 Å². The number of rotatable bonds is 5. The van der Waals surface area contributed by atoms with Gasteiger partial charge in [0, 0.05) is 11.8 Å². The van der Waals surface area contributed by atoms with Crippen molar-refractivity contribution in [2.24, 2.45) is 0 Å². The second-order valence-corrected chi connectivity index (χ2v) is 8.03. The van der Waals surface area contributed by atoms with Crippen LogP contribution >= 0.6 is 34.5 Å². The van der Waals surface area contributed by atoms with Gasteiger partial charge in [0.25, 0.3) is 5.91 Å². The van der Waals surface area contributed by atoms with Crippen LogP contribution in [-0.4, -0.2) is 10.9 Å². The van der Waals surface area contributed by atoms with E-state index in [0.717, 1.165) is 22.4 Å². The van der Waals surface area contributed by atoms with E-state index in [9.17, 15) is 4.79 Å². The molecule has 0 radical (unpaired) electrons. The summed E-state index contributed by atoms with van der Waals surface area (Å²) in [6.07, 6.45) is 1.43. The van der Waals surface area contributed by atoms with E-state index >= 15 is 0 Å². The van der Waals surface area contributed by atoms with Crippen LogP contribution in [0.25, 0.3) is 0 Å². The summed E-state index contributed by atoms with van der Waals surface area (Å²) in [4.78, 5) is 17.0. The molecule has 7 heteroatoms. The van der Waals surface area contributed by atoms with Gasteiger partial charge in [-0.05, 0) is 49.4 Å². The molecule has 0 unspecified atom stereocenters. The first kappa shape index (κ1) is 19.7. The van der Waals surface area contributed by atoms with Crippen molar-refractivity contribution in [3.8, 4) is 5.75 Å². The van der Waals surface area contributed by atoms with Gasteiger partial charge in [-0.1, -0.05) is 40.9 Å². The highest BCUT2D eigenvalue weighted by atomic mass is 35.5. The highest BCUT2D eigenvalue weighted by Gasteiger charge is 2.13. The van der Waals surface area contributed by atoms with E-state index in [1.165, 1.54) is 29.2 Å². The van der Waals surface area contributed by atoms with Crippen molar-refractivity contribution in [3.63, 3.8) is 0 Å². The van der Waals surface area contributed by atoms with Crippen molar-refractivity contribution >= 4 is 46.3 Å². The smallest absolute Gasteiger partial charge is 0.266 e. The lowest BCUT2D eigenvalue weighted by Gasteiger charge is -2.12. The van der Waals surface area contributed by atoms with Gasteiger partial charge in [0.05, 0.1) is 14.9 Å². The monoisotopic (exact) mass is 420 g/mol. The van der Waals surface area contributed by atoms with Gasteiger partial charge in [-0.25, -0.2) is 4.98 Å². The molecule has 2 heterocycles. The van der Waals surface area contributed by atoms with E-state index in [1.54, 1.807) is 0 Å². The Balaban J connectivity index is 1.67. The number of nitrogens with zero attached hydrogens (tertiary/aromatic N) is 1. The molecule has 2 aromatic heterocycles. The number of anilines is 1. The zero-order chi connectivity index (χ0) is 19.6. The number of carbonyl (C=O) groups is 1. The SMILES string of the molecule is Cc1cc(C)c(OCc2csc(C(=O)Nc3ncc(Cl)cc3Cl)c2)c(C)c1. The maximum atomic E-state index is 12.4. The lowest BCUT2D eigenvalue weighted by molar-refractivity contribution is 0.103. The standard InChI is InChI=1S/C20H18Cl2N2O2S/c1-11-4-12(2)18(13(3)5-11)26-9-14-6-17(27-10-14)20(25)24-19-16(22)7-15(21)8-23-19/h4-8,10H,9H2,1-3H3,(H,23,24,25). The van der Waals surface area contributed by atoms with E-state index < -0.39 is 0 Å². The molecule has 0 aliphatic rings. The molecule has 1 N–H and O–H groups in total. The number of hydrogen-bond donors (Lipinski definition) is 1. The number of thiophene rings is 1. The Morgan fingerprint density at radius 3 is 2.52 bits per heavy atom. The molecular weight excluding hydrogens is 403 g/mol. The first-order valence-corrected chi connectivity index (χ1v) is 9.87. The molecule has 140 valence electrons. The third-order valence-corrected chi connectivity index (χ3v) is 5.38. The van der Waals surface area contributed by atoms with E-state index in [0.29, 0.717) is 21.5 Å². The number of hydrogen-bond acceptors (Lipinski definition) is 4. The summed E-state index contributed by atoms with van der Waals surface area (Å²) in [6.45, 7) is 6.53. The molecule has 3 rings (SSSR count). The van der Waals surface area contributed by atoms with Gasteiger partial charge in [0.1, 0.15) is 12.4 Å². The van der Waals surface area contributed by atoms with Crippen LogP contribution in [0.4, 0.5) is 5.82 Å². The summed E-state index contributed by atoms with van der Waals surface area (Å²) >= 11 is 13.2. The number of nitrogens with one attached hydrogen (secondary N) is 1. The molecule has 0 spiro atoms. The molecule has 0 bridgehead atoms. The predicted octanol–water partition coefficient (Wildman–Crippen LogP) is 6.21. The number of aromatic nitrogens is 1. The van der Waals surface area contributed by atoms with Crippen LogP contribution in [-0.2, 0) is 6.61 Å². The maximum absolute atomic E-state index is 12.4. The minimum absolute atomic E-state index is 0.273. The Morgan fingerprint density at radius 2 is 1.85 bits per heavy atom. The van der Waals surface area contributed by atoms with Gasteiger partial charge >= 0.3 is 0 Å². The summed E-state index contributed by atoms with van der Waals surface area (Å²) in [6, 6.07) is 7.53. The number of aryl methyl sites for hydroxylation is 3. The number of ether oxygens (including phenoxy) is 1. The largest absolute Gasteiger partial charge is 0.488 e. The van der Waals surface area contributed by atoms with Crippen LogP contribution in [0.2, 0.25) is 10.0 Å². The summed E-state index contributed by atoms with van der Waals surface area (Å²) in [5.41, 5.74) is 4.34. The van der Waals surface area contributed by atoms with Crippen LogP contribution < -0.4 is 10.1 Å². The molecule has 0 saturated carbocycles.